The Morgan fingerprint density at radius 2 is 2.21 bits per heavy atom. The Bertz CT molecular complexity index is 591. The van der Waals surface area contributed by atoms with Crippen molar-refractivity contribution in [2.75, 3.05) is 39.8 Å². The van der Waals surface area contributed by atoms with Crippen LogP contribution in [-0.4, -0.2) is 87.0 Å². The Balaban J connectivity index is 1.69. The maximum absolute atomic E-state index is 12.2. The lowest BCUT2D eigenvalue weighted by molar-refractivity contribution is -0.144. The summed E-state index contributed by atoms with van der Waals surface area (Å²) in [7, 11) is 2.11. The van der Waals surface area contributed by atoms with Crippen LogP contribution in [0.2, 0.25) is 0 Å². The first-order valence-corrected chi connectivity index (χ1v) is 8.40. The van der Waals surface area contributed by atoms with Crippen LogP contribution in [0.15, 0.2) is 12.4 Å². The van der Waals surface area contributed by atoms with Crippen LogP contribution < -0.4 is 0 Å². The molecule has 1 atom stereocenters. The zero-order valence-electron chi connectivity index (χ0n) is 14.1. The molecule has 0 bridgehead atoms. The molecule has 2 aliphatic heterocycles. The third-order valence-electron chi connectivity index (χ3n) is 5.34. The Kier molecular flexibility index (Phi) is 4.86. The van der Waals surface area contributed by atoms with E-state index >= 15 is 0 Å². The predicted molar refractivity (Wildman–Crippen MR) is 87.3 cm³/mol. The van der Waals surface area contributed by atoms with Gasteiger partial charge in [0.05, 0.1) is 6.54 Å². The molecular formula is C16H25N5O3. The second-order valence-electron chi connectivity index (χ2n) is 6.85. The Morgan fingerprint density at radius 1 is 1.38 bits per heavy atom. The number of nitrogens with one attached hydrogen (secondary N) is 1. The number of carboxylic acids is 1. The van der Waals surface area contributed by atoms with E-state index in [1.165, 1.54) is 4.90 Å². The van der Waals surface area contributed by atoms with Gasteiger partial charge in [0.15, 0.2) is 0 Å². The second-order valence-corrected chi connectivity index (χ2v) is 6.85. The lowest BCUT2D eigenvalue weighted by Crippen LogP contribution is -2.60. The number of carbonyl (C=O) groups is 2. The first-order valence-electron chi connectivity index (χ1n) is 8.40. The summed E-state index contributed by atoms with van der Waals surface area (Å²) in [4.78, 5) is 36.8. The van der Waals surface area contributed by atoms with Gasteiger partial charge in [-0.25, -0.2) is 4.98 Å². The second kappa shape index (κ2) is 6.90. The van der Waals surface area contributed by atoms with Gasteiger partial charge in [0, 0.05) is 50.5 Å². The van der Waals surface area contributed by atoms with Crippen molar-refractivity contribution in [2.24, 2.45) is 0 Å². The van der Waals surface area contributed by atoms with Gasteiger partial charge in [-0.2, -0.15) is 0 Å². The minimum Gasteiger partial charge on any atom is -0.480 e. The molecule has 2 saturated heterocycles. The molecule has 2 aliphatic rings. The highest BCUT2D eigenvalue weighted by atomic mass is 16.4. The predicted octanol–water partition coefficient (Wildman–Crippen LogP) is -0.00700. The molecule has 8 nitrogen and oxygen atoms in total. The molecule has 0 radical (unpaired) electrons. The summed E-state index contributed by atoms with van der Waals surface area (Å²) in [6.07, 6.45) is 5.57. The lowest BCUT2D eigenvalue weighted by Gasteiger charge is -2.49. The van der Waals surface area contributed by atoms with Gasteiger partial charge < -0.3 is 15.0 Å². The van der Waals surface area contributed by atoms with E-state index in [-0.39, 0.29) is 18.0 Å². The monoisotopic (exact) mass is 335 g/mol. The summed E-state index contributed by atoms with van der Waals surface area (Å²) in [5.74, 6) is -0.0477. The number of likely N-dealkylation sites (tertiary alicyclic amines) is 1. The average molecular weight is 335 g/mol. The van der Waals surface area contributed by atoms with E-state index in [9.17, 15) is 9.59 Å². The number of nitrogens with zero attached hydrogens (tertiary/aromatic N) is 4. The molecule has 1 aromatic heterocycles. The minimum atomic E-state index is -0.948. The van der Waals surface area contributed by atoms with E-state index in [1.54, 1.807) is 6.20 Å². The third-order valence-corrected chi connectivity index (χ3v) is 5.34. The van der Waals surface area contributed by atoms with E-state index in [0.717, 1.165) is 44.8 Å². The molecule has 0 saturated carbocycles. The molecule has 3 rings (SSSR count). The van der Waals surface area contributed by atoms with Gasteiger partial charge in [-0.3, -0.25) is 19.4 Å². The molecule has 2 N–H and O–H groups in total. The van der Waals surface area contributed by atoms with Crippen molar-refractivity contribution in [1.82, 2.24) is 24.7 Å². The standard InChI is InChI=1S/C16H25N5O3/c1-19-8-9-20(10-13-17-5-6-18-13)12-16(19)3-2-14(22)21(7-4-16)11-15(23)24/h5-6H,2-4,7-12H2,1H3,(H,17,18)(H,23,24)/t16-/m1/s1. The number of amides is 1. The number of carboxylic acid groups (broad SMARTS) is 1. The summed E-state index contributed by atoms with van der Waals surface area (Å²) in [5, 5.41) is 8.99. The van der Waals surface area contributed by atoms with Gasteiger partial charge in [0.2, 0.25) is 5.91 Å². The average Bonchev–Trinajstić information content (AvgIpc) is 3.00. The topological polar surface area (TPSA) is 92.8 Å². The van der Waals surface area contributed by atoms with E-state index in [2.05, 4.69) is 26.8 Å². The zero-order valence-corrected chi connectivity index (χ0v) is 14.1. The quantitative estimate of drug-likeness (QED) is 0.804. The van der Waals surface area contributed by atoms with E-state index in [4.69, 9.17) is 5.11 Å². The summed E-state index contributed by atoms with van der Waals surface area (Å²) in [6, 6.07) is 0. The largest absolute Gasteiger partial charge is 0.480 e. The number of likely N-dealkylation sites (N-methyl/N-ethyl adjacent to an activating group) is 1. The van der Waals surface area contributed by atoms with Crippen LogP contribution in [0.1, 0.15) is 25.1 Å². The number of carbonyl (C=O) groups excluding carboxylic acids is 1. The number of rotatable bonds is 4. The van der Waals surface area contributed by atoms with Gasteiger partial charge in [-0.05, 0) is 19.9 Å². The van der Waals surface area contributed by atoms with Crippen LogP contribution >= 0.6 is 0 Å². The molecule has 3 heterocycles. The van der Waals surface area contributed by atoms with E-state index < -0.39 is 5.97 Å². The molecular weight excluding hydrogens is 310 g/mol. The summed E-state index contributed by atoms with van der Waals surface area (Å²) in [5.41, 5.74) is -0.0756. The number of H-pyrrole nitrogens is 1. The Morgan fingerprint density at radius 3 is 2.92 bits per heavy atom. The highest BCUT2D eigenvalue weighted by Crippen LogP contribution is 2.32. The van der Waals surface area contributed by atoms with Crippen molar-refractivity contribution >= 4 is 11.9 Å². The van der Waals surface area contributed by atoms with Gasteiger partial charge in [-0.1, -0.05) is 0 Å². The fraction of sp³-hybridized carbons (Fsp3) is 0.688. The zero-order chi connectivity index (χ0) is 17.2. The van der Waals surface area contributed by atoms with Gasteiger partial charge >= 0.3 is 5.97 Å². The van der Waals surface area contributed by atoms with Crippen molar-refractivity contribution in [2.45, 2.75) is 31.3 Å². The molecule has 1 amide bonds. The van der Waals surface area contributed by atoms with Gasteiger partial charge in [0.25, 0.3) is 0 Å². The smallest absolute Gasteiger partial charge is 0.323 e. The molecule has 1 aromatic rings. The third kappa shape index (κ3) is 3.59. The lowest BCUT2D eigenvalue weighted by atomic mass is 9.86. The molecule has 1 spiro atoms. The highest BCUT2D eigenvalue weighted by molar-refractivity contribution is 5.81. The first-order chi connectivity index (χ1) is 11.5. The van der Waals surface area contributed by atoms with E-state index in [0.29, 0.717) is 13.0 Å². The van der Waals surface area contributed by atoms with Crippen LogP contribution in [0.3, 0.4) is 0 Å². The minimum absolute atomic E-state index is 0.0502. The molecule has 0 aliphatic carbocycles. The SMILES string of the molecule is CN1CCN(Cc2ncc[nH]2)C[C@]12CCC(=O)N(CC(=O)O)CC2. The Labute approximate surface area is 141 Å². The number of hydrogen-bond donors (Lipinski definition) is 2. The van der Waals surface area contributed by atoms with Crippen molar-refractivity contribution < 1.29 is 14.7 Å². The number of hydrogen-bond acceptors (Lipinski definition) is 5. The van der Waals surface area contributed by atoms with Crippen molar-refractivity contribution in [3.63, 3.8) is 0 Å². The first kappa shape index (κ1) is 16.9. The van der Waals surface area contributed by atoms with Crippen molar-refractivity contribution in [3.05, 3.63) is 18.2 Å². The molecule has 24 heavy (non-hydrogen) atoms. The fourth-order valence-electron chi connectivity index (χ4n) is 3.84. The number of aromatic nitrogens is 2. The summed E-state index contributed by atoms with van der Waals surface area (Å²) < 4.78 is 0. The number of aliphatic carboxylic acids is 1. The highest BCUT2D eigenvalue weighted by Gasteiger charge is 2.42. The van der Waals surface area contributed by atoms with Gasteiger partial charge in [0.1, 0.15) is 12.4 Å². The normalized spacial score (nSPS) is 26.7. The maximum atomic E-state index is 12.2. The van der Waals surface area contributed by atoms with Crippen molar-refractivity contribution in [3.8, 4) is 0 Å². The molecule has 132 valence electrons. The molecule has 0 unspecified atom stereocenters. The van der Waals surface area contributed by atoms with Crippen LogP contribution in [0, 0.1) is 0 Å². The molecule has 2 fully saturated rings. The van der Waals surface area contributed by atoms with Gasteiger partial charge in [-0.15, -0.1) is 0 Å². The maximum Gasteiger partial charge on any atom is 0.323 e. The van der Waals surface area contributed by atoms with Crippen LogP contribution in [0.5, 0.6) is 0 Å². The summed E-state index contributed by atoms with van der Waals surface area (Å²) in [6.45, 7) is 3.85. The fourth-order valence-corrected chi connectivity index (χ4v) is 3.84. The van der Waals surface area contributed by atoms with E-state index in [1.807, 2.05) is 6.20 Å². The van der Waals surface area contributed by atoms with Crippen molar-refractivity contribution in [1.29, 1.82) is 0 Å². The number of aromatic amines is 1. The number of imidazole rings is 1. The molecule has 8 heteroatoms. The number of piperazine rings is 1. The molecule has 0 aromatic carbocycles. The summed E-state index contributed by atoms with van der Waals surface area (Å²) >= 11 is 0. The van der Waals surface area contributed by atoms with Crippen LogP contribution in [0.4, 0.5) is 0 Å². The van der Waals surface area contributed by atoms with Crippen LogP contribution in [-0.2, 0) is 16.1 Å². The Hall–Kier alpha value is -1.93. The van der Waals surface area contributed by atoms with Crippen LogP contribution in [0.25, 0.3) is 0 Å².